The quantitative estimate of drug-likeness (QED) is 0.243. The van der Waals surface area contributed by atoms with E-state index in [-0.39, 0.29) is 57.8 Å². The van der Waals surface area contributed by atoms with E-state index < -0.39 is 5.41 Å². The molecule has 0 saturated carbocycles. The third-order valence-corrected chi connectivity index (χ3v) is 9.77. The van der Waals surface area contributed by atoms with Crippen molar-refractivity contribution in [1.82, 2.24) is 19.1 Å². The average Bonchev–Trinajstić information content (AvgIpc) is 3.63. The SMILES string of the molecule is C1CCOC1.CC1(CO)CCc2nc3cc(Br)ccc3c(=O)n2C1.COC(=O)C1(C)CCc2nc3cc(Br)ccc3c(=O)n2C1.[B].[H-].[Li+]. The van der Waals surface area contributed by atoms with E-state index in [4.69, 9.17) is 9.47 Å². The minimum absolute atomic E-state index is 0. The number of carbonyl (C=O) groups excluding carboxylic acids is 1. The molecule has 14 heteroatoms. The first kappa shape index (κ1) is 39.2. The van der Waals surface area contributed by atoms with Crippen LogP contribution < -0.4 is 30.0 Å². The van der Waals surface area contributed by atoms with Gasteiger partial charge in [0.05, 0.1) is 40.9 Å². The van der Waals surface area contributed by atoms with Crippen molar-refractivity contribution in [2.75, 3.05) is 26.9 Å². The second-order valence-corrected chi connectivity index (χ2v) is 14.3. The molecule has 3 radical (unpaired) electrons. The summed E-state index contributed by atoms with van der Waals surface area (Å²) in [6.45, 7) is 6.79. The van der Waals surface area contributed by atoms with E-state index in [1.807, 2.05) is 38.1 Å². The van der Waals surface area contributed by atoms with Gasteiger partial charge in [0.25, 0.3) is 11.1 Å². The number of aromatic nitrogens is 4. The first-order valence-electron chi connectivity index (χ1n) is 15.1. The Morgan fingerprint density at radius 1 is 0.915 bits per heavy atom. The number of methoxy groups -OCH3 is 1. The Balaban J connectivity index is 0.000000276. The summed E-state index contributed by atoms with van der Waals surface area (Å²) in [5.41, 5.74) is 0.419. The molecule has 47 heavy (non-hydrogen) atoms. The predicted molar refractivity (Wildman–Crippen MR) is 186 cm³/mol. The maximum atomic E-state index is 12.6. The monoisotopic (exact) mass is 763 g/mol. The van der Waals surface area contributed by atoms with Crippen LogP contribution in [0.3, 0.4) is 0 Å². The molecule has 2 aromatic heterocycles. The number of aliphatic hydroxyl groups excluding tert-OH is 1. The van der Waals surface area contributed by atoms with Crippen LogP contribution in [0.5, 0.6) is 0 Å². The fraction of sp³-hybridized carbons (Fsp3) is 0.485. The third kappa shape index (κ3) is 8.67. The van der Waals surface area contributed by atoms with E-state index in [0.29, 0.717) is 42.2 Å². The molecule has 0 amide bonds. The van der Waals surface area contributed by atoms with Crippen LogP contribution in [-0.4, -0.2) is 65.5 Å². The average molecular weight is 765 g/mol. The van der Waals surface area contributed by atoms with Crippen molar-refractivity contribution in [3.63, 3.8) is 0 Å². The molecule has 2 atom stereocenters. The van der Waals surface area contributed by atoms with Gasteiger partial charge in [0.2, 0.25) is 0 Å². The van der Waals surface area contributed by atoms with Crippen molar-refractivity contribution in [3.05, 3.63) is 77.7 Å². The van der Waals surface area contributed by atoms with Crippen LogP contribution in [0.1, 0.15) is 52.6 Å². The fourth-order valence-corrected chi connectivity index (χ4v) is 6.63. The van der Waals surface area contributed by atoms with Crippen LogP contribution in [-0.2, 0) is 40.2 Å². The Bertz CT molecular complexity index is 1870. The van der Waals surface area contributed by atoms with Gasteiger partial charge in [0.1, 0.15) is 11.6 Å². The first-order chi connectivity index (χ1) is 21.5. The zero-order chi connectivity index (χ0) is 32.4. The summed E-state index contributed by atoms with van der Waals surface area (Å²) in [5, 5.41) is 10.7. The molecule has 0 bridgehead atoms. The fourth-order valence-electron chi connectivity index (χ4n) is 5.93. The molecule has 0 spiro atoms. The zero-order valence-electron chi connectivity index (χ0n) is 28.4. The maximum Gasteiger partial charge on any atom is 1.00 e. The van der Waals surface area contributed by atoms with Crippen LogP contribution in [0.15, 0.2) is 54.9 Å². The van der Waals surface area contributed by atoms with E-state index in [9.17, 15) is 19.5 Å². The molecular weight excluding hydrogens is 726 g/mol. The van der Waals surface area contributed by atoms with Crippen molar-refractivity contribution in [2.24, 2.45) is 10.8 Å². The minimum Gasteiger partial charge on any atom is -1.00 e. The van der Waals surface area contributed by atoms with Gasteiger partial charge >= 0.3 is 24.8 Å². The van der Waals surface area contributed by atoms with Crippen LogP contribution in [0.25, 0.3) is 21.8 Å². The Labute approximate surface area is 306 Å². The van der Waals surface area contributed by atoms with Crippen LogP contribution in [0.2, 0.25) is 0 Å². The number of hydrogen-bond acceptors (Lipinski definition) is 8. The number of rotatable bonds is 2. The first-order valence-corrected chi connectivity index (χ1v) is 16.7. The summed E-state index contributed by atoms with van der Waals surface area (Å²) < 4.78 is 15.0. The molecule has 2 unspecified atom stereocenters. The maximum absolute atomic E-state index is 12.6. The molecule has 1 N–H and O–H groups in total. The van der Waals surface area contributed by atoms with Gasteiger partial charge in [-0.05, 0) is 69.0 Å². The van der Waals surface area contributed by atoms with Gasteiger partial charge in [-0.3, -0.25) is 23.5 Å². The molecule has 3 aliphatic rings. The summed E-state index contributed by atoms with van der Waals surface area (Å²) in [6, 6.07) is 10.9. The number of fused-ring (bicyclic) bond motifs is 4. The Morgan fingerprint density at radius 3 is 1.85 bits per heavy atom. The molecule has 1 saturated heterocycles. The van der Waals surface area contributed by atoms with Gasteiger partial charge in [-0.2, -0.15) is 0 Å². The summed E-state index contributed by atoms with van der Waals surface area (Å²) in [7, 11) is 1.38. The molecule has 245 valence electrons. The van der Waals surface area contributed by atoms with Gasteiger partial charge < -0.3 is 16.0 Å². The summed E-state index contributed by atoms with van der Waals surface area (Å²) in [5.74, 6) is 1.27. The topological polar surface area (TPSA) is 126 Å². The smallest absolute Gasteiger partial charge is 1.00 e. The number of ether oxygens (including phenoxy) is 2. The predicted octanol–water partition coefficient (Wildman–Crippen LogP) is 1.92. The van der Waals surface area contributed by atoms with Crippen molar-refractivity contribution < 1.29 is 39.7 Å². The second-order valence-electron chi connectivity index (χ2n) is 12.5. The second kappa shape index (κ2) is 16.4. The number of carbonyl (C=O) groups is 1. The standard InChI is InChI=1S/C15H15BrN2O3.C14H15BrN2O2.C4H8O.B.Li.H/c1-15(14(20)21-2)6-5-12-17-11-7-9(16)3-4-10(11)13(19)18(12)8-15;1-14(8-18)5-4-12-16-11-6-9(15)2-3-10(11)13(19)17(12)7-14;1-2-4-5-3-1;;;/h3-4,7H,5-6,8H2,1-2H3;2-3,6,18H,4-5,7-8H2,1H3;1-4H2;;;/q;;;;+1;-1. The van der Waals surface area contributed by atoms with Crippen LogP contribution in [0.4, 0.5) is 0 Å². The van der Waals surface area contributed by atoms with E-state index in [0.717, 1.165) is 52.2 Å². The number of halogens is 2. The Hall–Kier alpha value is -2.27. The summed E-state index contributed by atoms with van der Waals surface area (Å²) >= 11 is 6.79. The van der Waals surface area contributed by atoms with Crippen molar-refractivity contribution in [3.8, 4) is 0 Å². The van der Waals surface area contributed by atoms with Gasteiger partial charge in [-0.15, -0.1) is 0 Å². The van der Waals surface area contributed by atoms with Gasteiger partial charge in [-0.1, -0.05) is 38.8 Å². The molecule has 2 aromatic carbocycles. The number of aryl methyl sites for hydroxylation is 2. The van der Waals surface area contributed by atoms with Crippen LogP contribution in [0, 0.1) is 10.8 Å². The van der Waals surface area contributed by atoms with Crippen LogP contribution >= 0.6 is 31.9 Å². The molecule has 5 heterocycles. The molecule has 4 aromatic rings. The van der Waals surface area contributed by atoms with Crippen molar-refractivity contribution in [2.45, 2.75) is 65.5 Å². The summed E-state index contributed by atoms with van der Waals surface area (Å²) in [6.07, 6.45) is 5.36. The molecule has 3 aliphatic heterocycles. The van der Waals surface area contributed by atoms with Crippen molar-refractivity contribution in [1.29, 1.82) is 0 Å². The van der Waals surface area contributed by atoms with E-state index in [2.05, 4.69) is 41.8 Å². The summed E-state index contributed by atoms with van der Waals surface area (Å²) in [4.78, 5) is 46.3. The molecule has 7 rings (SSSR count). The third-order valence-electron chi connectivity index (χ3n) is 8.78. The molecule has 0 aliphatic carbocycles. The molecule has 10 nitrogen and oxygen atoms in total. The number of esters is 1. The molecule has 1 fully saturated rings. The normalized spacial score (nSPS) is 21.1. The zero-order valence-corrected chi connectivity index (χ0v) is 30.5. The Kier molecular flexibility index (Phi) is 13.7. The van der Waals surface area contributed by atoms with E-state index in [1.54, 1.807) is 21.3 Å². The minimum atomic E-state index is -0.670. The number of benzene rings is 2. The number of nitrogens with zero attached hydrogens (tertiary/aromatic N) is 4. The largest absolute Gasteiger partial charge is 1.00 e. The Morgan fingerprint density at radius 2 is 1.40 bits per heavy atom. The van der Waals surface area contributed by atoms with E-state index in [1.165, 1.54) is 20.0 Å². The van der Waals surface area contributed by atoms with E-state index >= 15 is 0 Å². The van der Waals surface area contributed by atoms with Crippen molar-refractivity contribution >= 4 is 68.0 Å². The van der Waals surface area contributed by atoms with Gasteiger partial charge in [0.15, 0.2) is 0 Å². The number of aliphatic hydroxyl groups is 1. The van der Waals surface area contributed by atoms with Gasteiger partial charge in [0, 0.05) is 61.9 Å². The molecular formula is C33H39BBr2LiN4O6. The number of hydrogen-bond donors (Lipinski definition) is 1. The van der Waals surface area contributed by atoms with Gasteiger partial charge in [-0.25, -0.2) is 9.97 Å².